The highest BCUT2D eigenvalue weighted by Crippen LogP contribution is 2.38. The summed E-state index contributed by atoms with van der Waals surface area (Å²) < 4.78 is 40.7. The Morgan fingerprint density at radius 1 is 0.731 bits per heavy atom. The number of hydrogen-bond acceptors (Lipinski definition) is 4. The predicted molar refractivity (Wildman–Crippen MR) is 96.0 cm³/mol. The molecule has 0 aliphatic heterocycles. The van der Waals surface area contributed by atoms with Crippen LogP contribution in [0.2, 0.25) is 0 Å². The van der Waals surface area contributed by atoms with Crippen LogP contribution in [-0.4, -0.2) is 10.6 Å². The summed E-state index contributed by atoms with van der Waals surface area (Å²) in [4.78, 5) is 4.77. The Hall–Kier alpha value is -2.64. The predicted octanol–water partition coefficient (Wildman–Crippen LogP) is 6.33. The van der Waals surface area contributed by atoms with Crippen LogP contribution in [0.3, 0.4) is 0 Å². The summed E-state index contributed by atoms with van der Waals surface area (Å²) in [6.07, 6.45) is 0. The van der Waals surface area contributed by atoms with Crippen LogP contribution in [0.25, 0.3) is 32.3 Å². The highest BCUT2D eigenvalue weighted by atomic mass is 32.2. The van der Waals surface area contributed by atoms with Crippen LogP contribution in [0.5, 0.6) is 11.5 Å². The van der Waals surface area contributed by atoms with Gasteiger partial charge in [-0.1, -0.05) is 30.3 Å². The molecule has 0 saturated heterocycles. The fraction of sp³-hybridized carbons (Fsp3) is 0.0526. The molecule has 0 aliphatic rings. The van der Waals surface area contributed by atoms with Crippen molar-refractivity contribution in [2.75, 3.05) is 0 Å². The zero-order valence-corrected chi connectivity index (χ0v) is 13.9. The first kappa shape index (κ1) is 16.8. The maximum Gasteiger partial charge on any atom is 0.471 e. The monoisotopic (exact) mass is 376 g/mol. The molecule has 0 bridgehead atoms. The molecular formula is C19H11F3O3S. The van der Waals surface area contributed by atoms with Gasteiger partial charge < -0.3 is 9.99 Å². The van der Waals surface area contributed by atoms with Crippen LogP contribution >= 0.6 is 12.0 Å². The van der Waals surface area contributed by atoms with Gasteiger partial charge in [0.15, 0.2) is 17.8 Å². The first-order valence-electron chi connectivity index (χ1n) is 7.59. The molecule has 0 heterocycles. The number of halogens is 3. The Kier molecular flexibility index (Phi) is 4.05. The van der Waals surface area contributed by atoms with Gasteiger partial charge in [-0.25, -0.2) is 0 Å². The van der Waals surface area contributed by atoms with Crippen molar-refractivity contribution in [2.24, 2.45) is 0 Å². The zero-order chi connectivity index (χ0) is 18.3. The van der Waals surface area contributed by atoms with Crippen molar-refractivity contribution in [1.82, 2.24) is 0 Å². The molecule has 26 heavy (non-hydrogen) atoms. The third kappa shape index (κ3) is 3.11. The van der Waals surface area contributed by atoms with Crippen molar-refractivity contribution in [3.05, 3.63) is 60.7 Å². The van der Waals surface area contributed by atoms with Gasteiger partial charge in [-0.05, 0) is 62.6 Å². The molecule has 0 aliphatic carbocycles. The molecule has 132 valence electrons. The van der Waals surface area contributed by atoms with E-state index >= 15 is 0 Å². The maximum absolute atomic E-state index is 12.2. The summed E-state index contributed by atoms with van der Waals surface area (Å²) in [6, 6.07) is 17.7. The lowest BCUT2D eigenvalue weighted by Gasteiger charge is -2.12. The number of hydrogen-bond donors (Lipinski definition) is 1. The van der Waals surface area contributed by atoms with E-state index in [1.54, 1.807) is 30.3 Å². The van der Waals surface area contributed by atoms with Crippen LogP contribution in [-0.2, 0) is 4.33 Å². The van der Waals surface area contributed by atoms with Gasteiger partial charge in [0.2, 0.25) is 0 Å². The number of benzene rings is 4. The quantitative estimate of drug-likeness (QED) is 0.196. The highest BCUT2D eigenvalue weighted by Gasteiger charge is 2.31. The van der Waals surface area contributed by atoms with Gasteiger partial charge in [-0.15, -0.1) is 4.33 Å². The summed E-state index contributed by atoms with van der Waals surface area (Å²) >= 11 is -0.708. The van der Waals surface area contributed by atoms with Crippen molar-refractivity contribution in [3.8, 4) is 11.5 Å². The fourth-order valence-corrected chi connectivity index (χ4v) is 3.26. The second-order valence-corrected chi connectivity index (χ2v) is 6.43. The summed E-state index contributed by atoms with van der Waals surface area (Å²) in [5.41, 5.74) is -4.54. The summed E-state index contributed by atoms with van der Waals surface area (Å²) in [7, 11) is 0. The van der Waals surface area contributed by atoms with Crippen molar-refractivity contribution in [3.63, 3.8) is 0 Å². The van der Waals surface area contributed by atoms with Crippen LogP contribution in [0.1, 0.15) is 0 Å². The molecule has 0 aromatic heterocycles. The van der Waals surface area contributed by atoms with Gasteiger partial charge in [-0.2, -0.15) is 13.2 Å². The van der Waals surface area contributed by atoms with E-state index in [2.05, 4.69) is 4.33 Å². The third-order valence-corrected chi connectivity index (χ3v) is 4.38. The number of rotatable bonds is 3. The van der Waals surface area contributed by atoms with E-state index in [1.807, 2.05) is 30.3 Å². The lowest BCUT2D eigenvalue weighted by Crippen LogP contribution is -2.03. The second-order valence-electron chi connectivity index (χ2n) is 5.66. The third-order valence-electron chi connectivity index (χ3n) is 4.05. The first-order valence-corrected chi connectivity index (χ1v) is 8.33. The zero-order valence-electron chi connectivity index (χ0n) is 13.1. The topological polar surface area (TPSA) is 38.7 Å². The summed E-state index contributed by atoms with van der Waals surface area (Å²) in [5, 5.41) is 15.2. The van der Waals surface area contributed by atoms with Crippen molar-refractivity contribution < 1.29 is 27.5 Å². The van der Waals surface area contributed by atoms with E-state index < -0.39 is 17.6 Å². The molecule has 4 aromatic carbocycles. The molecular weight excluding hydrogens is 365 g/mol. The minimum atomic E-state index is -4.54. The molecule has 7 heteroatoms. The second kappa shape index (κ2) is 6.26. The van der Waals surface area contributed by atoms with Gasteiger partial charge in [0.1, 0.15) is 5.75 Å². The van der Waals surface area contributed by atoms with Crippen LogP contribution in [0, 0.1) is 0 Å². The average Bonchev–Trinajstić information content (AvgIpc) is 2.61. The Morgan fingerprint density at radius 3 is 1.96 bits per heavy atom. The number of alkyl halides is 3. The van der Waals surface area contributed by atoms with E-state index in [4.69, 9.17) is 4.89 Å². The van der Waals surface area contributed by atoms with Crippen LogP contribution in [0.15, 0.2) is 60.7 Å². The maximum atomic E-state index is 12.2. The Labute approximate surface area is 150 Å². The van der Waals surface area contributed by atoms with Gasteiger partial charge in [0, 0.05) is 0 Å². The largest absolute Gasteiger partial charge is 0.508 e. The van der Waals surface area contributed by atoms with E-state index in [-0.39, 0.29) is 11.5 Å². The minimum absolute atomic E-state index is 0.164. The standard InChI is InChI=1S/C19H11F3O3S/c20-19(21,22)26-25-24-12-6-8-16-15-7-5-11(23)9-17(15)13-3-1-2-4-14(13)18(16)10-12/h1-10,23H. The molecule has 0 spiro atoms. The molecule has 4 aromatic rings. The Bertz CT molecular complexity index is 1110. The summed E-state index contributed by atoms with van der Waals surface area (Å²) in [6.45, 7) is 0. The molecule has 0 radical (unpaired) electrons. The number of fused-ring (bicyclic) bond motifs is 6. The van der Waals surface area contributed by atoms with Crippen molar-refractivity contribution >= 4 is 44.4 Å². The first-order chi connectivity index (χ1) is 12.4. The molecule has 0 amide bonds. The van der Waals surface area contributed by atoms with E-state index in [1.165, 1.54) is 0 Å². The van der Waals surface area contributed by atoms with Gasteiger partial charge in [0.05, 0.1) is 0 Å². The lowest BCUT2D eigenvalue weighted by atomic mass is 9.94. The van der Waals surface area contributed by atoms with Crippen LogP contribution < -0.4 is 4.89 Å². The molecule has 3 nitrogen and oxygen atoms in total. The average molecular weight is 376 g/mol. The smallest absolute Gasteiger partial charge is 0.471 e. The lowest BCUT2D eigenvalue weighted by molar-refractivity contribution is -0.107. The molecule has 1 N–H and O–H groups in total. The molecule has 0 unspecified atom stereocenters. The van der Waals surface area contributed by atoms with Gasteiger partial charge in [-0.3, -0.25) is 0 Å². The van der Waals surface area contributed by atoms with Crippen LogP contribution in [0.4, 0.5) is 13.2 Å². The van der Waals surface area contributed by atoms with E-state index in [0.29, 0.717) is 0 Å². The highest BCUT2D eigenvalue weighted by molar-refractivity contribution is 7.95. The molecule has 0 saturated carbocycles. The Morgan fingerprint density at radius 2 is 1.31 bits per heavy atom. The van der Waals surface area contributed by atoms with Crippen molar-refractivity contribution in [2.45, 2.75) is 5.51 Å². The number of phenolic OH excluding ortho intramolecular Hbond substituents is 1. The Balaban J connectivity index is 1.89. The van der Waals surface area contributed by atoms with Crippen molar-refractivity contribution in [1.29, 1.82) is 0 Å². The van der Waals surface area contributed by atoms with E-state index in [0.717, 1.165) is 32.3 Å². The SMILES string of the molecule is Oc1ccc2c3ccc(OOSC(F)(F)F)cc3c3ccccc3c2c1. The molecule has 4 rings (SSSR count). The number of phenols is 1. The van der Waals surface area contributed by atoms with Gasteiger partial charge >= 0.3 is 5.51 Å². The van der Waals surface area contributed by atoms with E-state index in [9.17, 15) is 18.3 Å². The minimum Gasteiger partial charge on any atom is -0.508 e. The molecule has 0 atom stereocenters. The van der Waals surface area contributed by atoms with Gasteiger partial charge in [0.25, 0.3) is 0 Å². The summed E-state index contributed by atoms with van der Waals surface area (Å²) in [5.74, 6) is 0.331. The fourth-order valence-electron chi connectivity index (χ4n) is 3.07. The molecule has 0 fully saturated rings. The normalized spacial score (nSPS) is 12.1. The number of aromatic hydroxyl groups is 1.